The zero-order valence-electron chi connectivity index (χ0n) is 18.4. The maximum absolute atomic E-state index is 13.1. The summed E-state index contributed by atoms with van der Waals surface area (Å²) >= 11 is 0. The van der Waals surface area contributed by atoms with Crippen molar-refractivity contribution in [1.29, 1.82) is 0 Å². The third-order valence-corrected chi connectivity index (χ3v) is 6.91. The number of amides is 5. The highest BCUT2D eigenvalue weighted by molar-refractivity contribution is 6.25. The number of likely N-dealkylation sites (tertiary alicyclic amines) is 1. The van der Waals surface area contributed by atoms with Crippen LogP contribution in [0.3, 0.4) is 0 Å². The van der Waals surface area contributed by atoms with E-state index in [2.05, 4.69) is 16.0 Å². The number of carbonyl (C=O) groups excluding carboxylic acids is 5. The first kappa shape index (κ1) is 25.9. The molecule has 0 bridgehead atoms. The van der Waals surface area contributed by atoms with E-state index in [-0.39, 0.29) is 66.6 Å². The molecule has 4 aliphatic rings. The molecule has 1 spiro atoms. The van der Waals surface area contributed by atoms with Gasteiger partial charge in [-0.1, -0.05) is 6.07 Å². The first-order valence-corrected chi connectivity index (χ1v) is 11.0. The van der Waals surface area contributed by atoms with Crippen LogP contribution in [0.5, 0.6) is 0 Å². The molecule has 1 aromatic carbocycles. The zero-order valence-corrected chi connectivity index (χ0v) is 20.1. The number of hydrogen-bond donors (Lipinski definition) is 3. The quantitative estimate of drug-likeness (QED) is 0.503. The summed E-state index contributed by atoms with van der Waals surface area (Å²) < 4.78 is 0. The molecule has 3 fully saturated rings. The molecule has 5 rings (SSSR count). The second-order valence-electron chi connectivity index (χ2n) is 9.05. The molecule has 4 aliphatic heterocycles. The molecule has 0 saturated carbocycles. The highest BCUT2D eigenvalue weighted by Gasteiger charge is 2.46. The SMILES string of the molecule is Cl.Cl.O=C1CCC(N2C(=O)c3cccc(NCC(=O)N4CCCC5(CNC5)C4)c3C2=O)C(=O)N1. The van der Waals surface area contributed by atoms with Gasteiger partial charge in [-0.05, 0) is 31.4 Å². The number of benzene rings is 1. The van der Waals surface area contributed by atoms with Crippen molar-refractivity contribution in [1.82, 2.24) is 20.4 Å². The number of halogens is 2. The van der Waals surface area contributed by atoms with Crippen LogP contribution < -0.4 is 16.0 Å². The Morgan fingerprint density at radius 2 is 1.88 bits per heavy atom. The van der Waals surface area contributed by atoms with E-state index in [1.54, 1.807) is 12.1 Å². The van der Waals surface area contributed by atoms with Crippen molar-refractivity contribution in [3.63, 3.8) is 0 Å². The minimum Gasteiger partial charge on any atom is -0.375 e. The van der Waals surface area contributed by atoms with Gasteiger partial charge in [-0.25, -0.2) is 0 Å². The first-order valence-electron chi connectivity index (χ1n) is 11.0. The van der Waals surface area contributed by atoms with Gasteiger partial charge in [-0.2, -0.15) is 0 Å². The van der Waals surface area contributed by atoms with E-state index in [0.29, 0.717) is 5.69 Å². The van der Waals surface area contributed by atoms with Crippen molar-refractivity contribution in [3.8, 4) is 0 Å². The minimum absolute atomic E-state index is 0. The van der Waals surface area contributed by atoms with Gasteiger partial charge in [-0.15, -0.1) is 24.8 Å². The Balaban J connectivity index is 0.00000162. The van der Waals surface area contributed by atoms with Crippen LogP contribution in [0.15, 0.2) is 18.2 Å². The molecule has 0 radical (unpaired) electrons. The second kappa shape index (κ2) is 9.89. The lowest BCUT2D eigenvalue weighted by Gasteiger charge is -2.49. The van der Waals surface area contributed by atoms with Gasteiger partial charge in [0.05, 0.1) is 17.7 Å². The highest BCUT2D eigenvalue weighted by Crippen LogP contribution is 2.34. The van der Waals surface area contributed by atoms with Gasteiger partial charge in [0.25, 0.3) is 11.8 Å². The summed E-state index contributed by atoms with van der Waals surface area (Å²) in [5.41, 5.74) is 0.927. The lowest BCUT2D eigenvalue weighted by molar-refractivity contribution is -0.136. The van der Waals surface area contributed by atoms with E-state index in [9.17, 15) is 24.0 Å². The van der Waals surface area contributed by atoms with Crippen LogP contribution in [-0.2, 0) is 14.4 Å². The highest BCUT2D eigenvalue weighted by atomic mass is 35.5. The van der Waals surface area contributed by atoms with Crippen LogP contribution in [0.2, 0.25) is 0 Å². The lowest BCUT2D eigenvalue weighted by atomic mass is 9.75. The Kier molecular flexibility index (Phi) is 7.54. The van der Waals surface area contributed by atoms with Crippen molar-refractivity contribution in [3.05, 3.63) is 29.3 Å². The molecule has 10 nitrogen and oxygen atoms in total. The summed E-state index contributed by atoms with van der Waals surface area (Å²) in [5.74, 6) is -2.27. The third kappa shape index (κ3) is 4.37. The molecule has 1 aromatic rings. The lowest BCUT2D eigenvalue weighted by Crippen LogP contribution is -2.62. The largest absolute Gasteiger partial charge is 0.375 e. The molecule has 4 heterocycles. The second-order valence-corrected chi connectivity index (χ2v) is 9.05. The maximum Gasteiger partial charge on any atom is 0.264 e. The van der Waals surface area contributed by atoms with Crippen LogP contribution in [0, 0.1) is 5.41 Å². The summed E-state index contributed by atoms with van der Waals surface area (Å²) in [6, 6.07) is 3.81. The van der Waals surface area contributed by atoms with Crippen LogP contribution in [0.4, 0.5) is 5.69 Å². The number of anilines is 1. The van der Waals surface area contributed by atoms with E-state index in [1.807, 2.05) is 4.90 Å². The molecule has 3 saturated heterocycles. The molecular weight excluding hydrogens is 485 g/mol. The number of nitrogens with one attached hydrogen (secondary N) is 3. The van der Waals surface area contributed by atoms with Gasteiger partial charge in [0.2, 0.25) is 17.7 Å². The van der Waals surface area contributed by atoms with E-state index in [1.165, 1.54) is 6.07 Å². The number of fused-ring (bicyclic) bond motifs is 1. The number of piperidine rings is 2. The van der Waals surface area contributed by atoms with E-state index < -0.39 is 29.7 Å². The van der Waals surface area contributed by atoms with Crippen molar-refractivity contribution < 1.29 is 24.0 Å². The van der Waals surface area contributed by atoms with Crippen LogP contribution in [-0.4, -0.2) is 78.1 Å². The summed E-state index contributed by atoms with van der Waals surface area (Å²) in [7, 11) is 0. The number of imide groups is 2. The Bertz CT molecular complexity index is 1040. The molecule has 34 heavy (non-hydrogen) atoms. The van der Waals surface area contributed by atoms with Gasteiger partial charge in [0.15, 0.2) is 0 Å². The minimum atomic E-state index is -1.02. The Morgan fingerprint density at radius 3 is 2.56 bits per heavy atom. The van der Waals surface area contributed by atoms with E-state index >= 15 is 0 Å². The average Bonchev–Trinajstić information content (AvgIpc) is 3.02. The Hall–Kier alpha value is -2.69. The molecule has 3 N–H and O–H groups in total. The summed E-state index contributed by atoms with van der Waals surface area (Å²) in [6.07, 6.45) is 2.26. The van der Waals surface area contributed by atoms with Gasteiger partial charge >= 0.3 is 0 Å². The predicted octanol–water partition coefficient (Wildman–Crippen LogP) is 0.555. The van der Waals surface area contributed by atoms with Crippen LogP contribution in [0.1, 0.15) is 46.4 Å². The summed E-state index contributed by atoms with van der Waals surface area (Å²) in [5, 5.41) is 8.51. The molecule has 5 amide bonds. The zero-order chi connectivity index (χ0) is 22.5. The molecule has 1 unspecified atom stereocenters. The first-order chi connectivity index (χ1) is 15.4. The Morgan fingerprint density at radius 1 is 1.12 bits per heavy atom. The molecule has 12 heteroatoms. The van der Waals surface area contributed by atoms with Crippen LogP contribution >= 0.6 is 24.8 Å². The normalized spacial score (nSPS) is 22.9. The molecule has 0 aromatic heterocycles. The fourth-order valence-electron chi connectivity index (χ4n) is 5.13. The molecular formula is C22H27Cl2N5O5. The summed E-state index contributed by atoms with van der Waals surface area (Å²) in [4.78, 5) is 65.3. The smallest absolute Gasteiger partial charge is 0.264 e. The monoisotopic (exact) mass is 511 g/mol. The fraction of sp³-hybridized carbons (Fsp3) is 0.500. The van der Waals surface area contributed by atoms with Crippen molar-refractivity contribution in [2.45, 2.75) is 31.7 Å². The van der Waals surface area contributed by atoms with Crippen molar-refractivity contribution in [2.24, 2.45) is 5.41 Å². The average molecular weight is 512 g/mol. The summed E-state index contributed by atoms with van der Waals surface area (Å²) in [6.45, 7) is 3.33. The topological polar surface area (TPSA) is 128 Å². The third-order valence-electron chi connectivity index (χ3n) is 6.91. The van der Waals surface area contributed by atoms with E-state index in [4.69, 9.17) is 0 Å². The predicted molar refractivity (Wildman–Crippen MR) is 127 cm³/mol. The number of carbonyl (C=O) groups is 5. The van der Waals surface area contributed by atoms with Gasteiger partial charge in [0, 0.05) is 43.7 Å². The van der Waals surface area contributed by atoms with Crippen molar-refractivity contribution >= 4 is 60.0 Å². The molecule has 0 aliphatic carbocycles. The fourth-order valence-corrected chi connectivity index (χ4v) is 5.13. The number of nitrogens with zero attached hydrogens (tertiary/aromatic N) is 2. The van der Waals surface area contributed by atoms with E-state index in [0.717, 1.165) is 43.9 Å². The molecule has 1 atom stereocenters. The van der Waals surface area contributed by atoms with Gasteiger partial charge in [0.1, 0.15) is 6.04 Å². The maximum atomic E-state index is 13.1. The number of rotatable bonds is 4. The molecule has 184 valence electrons. The van der Waals surface area contributed by atoms with Gasteiger partial charge in [-0.3, -0.25) is 34.2 Å². The number of hydrogen-bond acceptors (Lipinski definition) is 7. The Labute approximate surface area is 209 Å². The van der Waals surface area contributed by atoms with Crippen LogP contribution in [0.25, 0.3) is 0 Å². The van der Waals surface area contributed by atoms with Gasteiger partial charge < -0.3 is 15.5 Å². The standard InChI is InChI=1S/C22H25N5O5.2ClH/c28-16-6-5-15(19(30)25-16)27-20(31)13-3-1-4-14(18(13)21(27)32)24-9-17(29)26-8-2-7-22(12-26)10-23-11-22;;/h1,3-4,15,23-24H,2,5-12H2,(H,25,28,30);2*1H. The van der Waals surface area contributed by atoms with Crippen molar-refractivity contribution in [2.75, 3.05) is 38.0 Å².